The van der Waals surface area contributed by atoms with Gasteiger partial charge in [-0.05, 0) is 40.5 Å². The Kier molecular flexibility index (Phi) is 3.15. The van der Waals surface area contributed by atoms with Crippen molar-refractivity contribution in [3.05, 3.63) is 52.8 Å². The highest BCUT2D eigenvalue weighted by Gasteiger charge is 2.02. The van der Waals surface area contributed by atoms with E-state index >= 15 is 0 Å². The lowest BCUT2D eigenvalue weighted by atomic mass is 10.0. The molecule has 3 heteroatoms. The van der Waals surface area contributed by atoms with Crippen LogP contribution in [0.3, 0.4) is 0 Å². The summed E-state index contributed by atoms with van der Waals surface area (Å²) in [6, 6.07) is 11.4. The molecule has 2 aromatic rings. The SMILES string of the molecule is CC(=O)c1cccc(-c2ccc(Br)nc2)c1. The van der Waals surface area contributed by atoms with Crippen LogP contribution in [-0.2, 0) is 0 Å². The minimum Gasteiger partial charge on any atom is -0.295 e. The fourth-order valence-corrected chi connectivity index (χ4v) is 1.70. The molecule has 0 saturated heterocycles. The van der Waals surface area contributed by atoms with Crippen molar-refractivity contribution in [2.24, 2.45) is 0 Å². The van der Waals surface area contributed by atoms with Crippen LogP contribution in [0, 0.1) is 0 Å². The molecule has 2 rings (SSSR count). The van der Waals surface area contributed by atoms with Gasteiger partial charge in [0.05, 0.1) is 0 Å². The zero-order chi connectivity index (χ0) is 11.5. The van der Waals surface area contributed by atoms with E-state index in [1.165, 1.54) is 0 Å². The molecular weight excluding hydrogens is 266 g/mol. The monoisotopic (exact) mass is 275 g/mol. The molecule has 0 atom stereocenters. The molecule has 1 heterocycles. The van der Waals surface area contributed by atoms with Crippen molar-refractivity contribution in [3.63, 3.8) is 0 Å². The lowest BCUT2D eigenvalue weighted by Gasteiger charge is -2.03. The summed E-state index contributed by atoms with van der Waals surface area (Å²) in [5.74, 6) is 0.0759. The average molecular weight is 276 g/mol. The van der Waals surface area contributed by atoms with Gasteiger partial charge in [-0.15, -0.1) is 0 Å². The number of pyridine rings is 1. The molecule has 0 spiro atoms. The van der Waals surface area contributed by atoms with E-state index in [1.54, 1.807) is 13.1 Å². The molecule has 0 saturated carbocycles. The summed E-state index contributed by atoms with van der Waals surface area (Å²) in [4.78, 5) is 15.4. The fraction of sp³-hybridized carbons (Fsp3) is 0.0769. The molecular formula is C13H10BrNO. The van der Waals surface area contributed by atoms with Crippen molar-refractivity contribution in [2.75, 3.05) is 0 Å². The van der Waals surface area contributed by atoms with E-state index < -0.39 is 0 Å². The Morgan fingerprint density at radius 1 is 1.19 bits per heavy atom. The summed E-state index contributed by atoms with van der Waals surface area (Å²) in [5.41, 5.74) is 2.74. The van der Waals surface area contributed by atoms with Crippen LogP contribution < -0.4 is 0 Å². The Morgan fingerprint density at radius 3 is 2.62 bits per heavy atom. The zero-order valence-electron chi connectivity index (χ0n) is 8.77. The van der Waals surface area contributed by atoms with Crippen molar-refractivity contribution in [1.29, 1.82) is 0 Å². The number of nitrogens with zero attached hydrogens (tertiary/aromatic N) is 1. The summed E-state index contributed by atoms with van der Waals surface area (Å²) < 4.78 is 0.805. The number of Topliss-reactive ketones (excluding diaryl/α,β-unsaturated/α-hetero) is 1. The summed E-state index contributed by atoms with van der Waals surface area (Å²) in [6.07, 6.45) is 1.78. The highest BCUT2D eigenvalue weighted by atomic mass is 79.9. The maximum absolute atomic E-state index is 11.3. The highest BCUT2D eigenvalue weighted by molar-refractivity contribution is 9.10. The summed E-state index contributed by atoms with van der Waals surface area (Å²) >= 11 is 3.29. The number of rotatable bonds is 2. The number of halogens is 1. The van der Waals surface area contributed by atoms with Gasteiger partial charge in [0.15, 0.2) is 5.78 Å². The van der Waals surface area contributed by atoms with Gasteiger partial charge in [0.2, 0.25) is 0 Å². The maximum atomic E-state index is 11.3. The van der Waals surface area contributed by atoms with Gasteiger partial charge in [0.25, 0.3) is 0 Å². The number of aromatic nitrogens is 1. The standard InChI is InChI=1S/C13H10BrNO/c1-9(16)10-3-2-4-11(7-10)12-5-6-13(14)15-8-12/h2-8H,1H3. The van der Waals surface area contributed by atoms with E-state index in [2.05, 4.69) is 20.9 Å². The van der Waals surface area contributed by atoms with Gasteiger partial charge in [0.1, 0.15) is 4.60 Å². The Morgan fingerprint density at radius 2 is 2.00 bits per heavy atom. The Bertz CT molecular complexity index is 520. The molecule has 0 N–H and O–H groups in total. The van der Waals surface area contributed by atoms with Gasteiger partial charge in [-0.3, -0.25) is 4.79 Å². The minimum atomic E-state index is 0.0759. The molecule has 1 aromatic carbocycles. The van der Waals surface area contributed by atoms with Crippen LogP contribution in [0.5, 0.6) is 0 Å². The summed E-state index contributed by atoms with van der Waals surface area (Å²) in [7, 11) is 0. The maximum Gasteiger partial charge on any atom is 0.159 e. The Balaban J connectivity index is 2.44. The van der Waals surface area contributed by atoms with Crippen LogP contribution in [0.25, 0.3) is 11.1 Å². The van der Waals surface area contributed by atoms with Crippen molar-refractivity contribution in [1.82, 2.24) is 4.98 Å². The normalized spacial score (nSPS) is 10.1. The lowest BCUT2D eigenvalue weighted by molar-refractivity contribution is 0.101. The third kappa shape index (κ3) is 2.36. The molecule has 80 valence electrons. The molecule has 1 aromatic heterocycles. The Hall–Kier alpha value is -1.48. The molecule has 0 aliphatic carbocycles. The van der Waals surface area contributed by atoms with Gasteiger partial charge in [-0.2, -0.15) is 0 Å². The smallest absolute Gasteiger partial charge is 0.159 e. The van der Waals surface area contributed by atoms with Crippen molar-refractivity contribution in [2.45, 2.75) is 6.92 Å². The molecule has 0 fully saturated rings. The predicted octanol–water partition coefficient (Wildman–Crippen LogP) is 3.71. The molecule has 0 amide bonds. The van der Waals surface area contributed by atoms with E-state index in [0.717, 1.165) is 21.3 Å². The second kappa shape index (κ2) is 4.58. The van der Waals surface area contributed by atoms with Gasteiger partial charge in [-0.1, -0.05) is 24.3 Å². The van der Waals surface area contributed by atoms with Crippen molar-refractivity contribution < 1.29 is 4.79 Å². The first-order valence-corrected chi connectivity index (χ1v) is 5.69. The van der Waals surface area contributed by atoms with E-state index in [-0.39, 0.29) is 5.78 Å². The largest absolute Gasteiger partial charge is 0.295 e. The lowest BCUT2D eigenvalue weighted by Crippen LogP contribution is -1.91. The molecule has 0 aliphatic heterocycles. The van der Waals surface area contributed by atoms with Crippen LogP contribution in [0.15, 0.2) is 47.2 Å². The summed E-state index contributed by atoms with van der Waals surface area (Å²) in [6.45, 7) is 1.57. The topological polar surface area (TPSA) is 30.0 Å². The molecule has 16 heavy (non-hydrogen) atoms. The van der Waals surface area contributed by atoms with Crippen LogP contribution in [0.1, 0.15) is 17.3 Å². The zero-order valence-corrected chi connectivity index (χ0v) is 10.4. The summed E-state index contributed by atoms with van der Waals surface area (Å²) in [5, 5.41) is 0. The number of benzene rings is 1. The van der Waals surface area contributed by atoms with Crippen LogP contribution in [0.4, 0.5) is 0 Å². The van der Waals surface area contributed by atoms with Crippen LogP contribution in [0.2, 0.25) is 0 Å². The van der Waals surface area contributed by atoms with Crippen molar-refractivity contribution in [3.8, 4) is 11.1 Å². The quantitative estimate of drug-likeness (QED) is 0.618. The fourth-order valence-electron chi connectivity index (χ4n) is 1.46. The molecule has 0 bridgehead atoms. The van der Waals surface area contributed by atoms with E-state index in [4.69, 9.17) is 0 Å². The number of carbonyl (C=O) groups is 1. The molecule has 0 aliphatic rings. The molecule has 0 unspecified atom stereocenters. The predicted molar refractivity (Wildman–Crippen MR) is 67.4 cm³/mol. The first-order chi connectivity index (χ1) is 7.66. The second-order valence-electron chi connectivity index (χ2n) is 3.51. The molecule has 0 radical (unpaired) electrons. The number of ketones is 1. The average Bonchev–Trinajstić information content (AvgIpc) is 2.30. The third-order valence-electron chi connectivity index (χ3n) is 2.33. The first-order valence-electron chi connectivity index (χ1n) is 4.90. The number of carbonyl (C=O) groups excluding carboxylic acids is 1. The van der Waals surface area contributed by atoms with E-state index in [1.807, 2.05) is 36.4 Å². The molecule has 2 nitrogen and oxygen atoms in total. The second-order valence-corrected chi connectivity index (χ2v) is 4.32. The van der Waals surface area contributed by atoms with Crippen LogP contribution in [-0.4, -0.2) is 10.8 Å². The van der Waals surface area contributed by atoms with E-state index in [9.17, 15) is 4.79 Å². The first kappa shape index (κ1) is 11.0. The van der Waals surface area contributed by atoms with Gasteiger partial charge in [-0.25, -0.2) is 4.98 Å². The van der Waals surface area contributed by atoms with Crippen LogP contribution >= 0.6 is 15.9 Å². The highest BCUT2D eigenvalue weighted by Crippen LogP contribution is 2.21. The number of hydrogen-bond acceptors (Lipinski definition) is 2. The van der Waals surface area contributed by atoms with E-state index in [0.29, 0.717) is 0 Å². The Labute approximate surface area is 102 Å². The minimum absolute atomic E-state index is 0.0759. The van der Waals surface area contributed by atoms with Gasteiger partial charge >= 0.3 is 0 Å². The van der Waals surface area contributed by atoms with Crippen molar-refractivity contribution >= 4 is 21.7 Å². The van der Waals surface area contributed by atoms with Gasteiger partial charge < -0.3 is 0 Å². The number of hydrogen-bond donors (Lipinski definition) is 0. The van der Waals surface area contributed by atoms with Gasteiger partial charge in [0, 0.05) is 17.3 Å². The third-order valence-corrected chi connectivity index (χ3v) is 2.80.